The van der Waals surface area contributed by atoms with E-state index < -0.39 is 46.9 Å². The fourth-order valence-corrected chi connectivity index (χ4v) is 4.07. The number of para-hydroxylation sites is 1. The van der Waals surface area contributed by atoms with Crippen LogP contribution in [-0.2, 0) is 22.5 Å². The highest BCUT2D eigenvalue weighted by Crippen LogP contribution is 2.30. The van der Waals surface area contributed by atoms with Crippen LogP contribution in [0.5, 0.6) is 0 Å². The Morgan fingerprint density at radius 3 is 2.37 bits per heavy atom. The van der Waals surface area contributed by atoms with Crippen molar-refractivity contribution in [3.63, 3.8) is 0 Å². The highest BCUT2D eigenvalue weighted by molar-refractivity contribution is 6.06. The molecule has 4 rings (SSSR count). The van der Waals surface area contributed by atoms with Gasteiger partial charge in [-0.05, 0) is 26.8 Å². The monoisotopic (exact) mass is 489 g/mol. The summed E-state index contributed by atoms with van der Waals surface area (Å²) in [4.78, 5) is 32.7. The molecule has 0 fully saturated rings. The molecule has 2 aromatic carbocycles. The van der Waals surface area contributed by atoms with Crippen LogP contribution in [0.3, 0.4) is 0 Å². The van der Waals surface area contributed by atoms with Crippen molar-refractivity contribution in [2.45, 2.75) is 45.9 Å². The number of ether oxygens (including phenoxy) is 1. The molecule has 1 amide bonds. The van der Waals surface area contributed by atoms with Crippen molar-refractivity contribution in [1.82, 2.24) is 9.88 Å². The van der Waals surface area contributed by atoms with Crippen molar-refractivity contribution < 1.29 is 31.9 Å². The second kappa shape index (κ2) is 9.61. The molecule has 1 unspecified atom stereocenters. The fraction of sp³-hybridized carbons (Fsp3) is 0.320. The zero-order valence-corrected chi connectivity index (χ0v) is 19.3. The molecule has 1 atom stereocenters. The van der Waals surface area contributed by atoms with Crippen LogP contribution >= 0.6 is 0 Å². The van der Waals surface area contributed by atoms with Crippen LogP contribution < -0.4 is 5.32 Å². The summed E-state index contributed by atoms with van der Waals surface area (Å²) in [5.74, 6) is -8.85. The zero-order valence-electron chi connectivity index (χ0n) is 19.3. The summed E-state index contributed by atoms with van der Waals surface area (Å²) in [7, 11) is 0. The number of aromatic nitrogens is 1. The summed E-state index contributed by atoms with van der Waals surface area (Å²) < 4.78 is 60.2. The second-order valence-electron chi connectivity index (χ2n) is 8.62. The van der Waals surface area contributed by atoms with Gasteiger partial charge in [-0.2, -0.15) is 0 Å². The maximum atomic E-state index is 13.9. The molecular weight excluding hydrogens is 466 g/mol. The molecule has 1 aromatic heterocycles. The lowest BCUT2D eigenvalue weighted by Gasteiger charge is -2.32. The number of esters is 1. The first-order chi connectivity index (χ1) is 16.6. The van der Waals surface area contributed by atoms with Gasteiger partial charge >= 0.3 is 5.97 Å². The minimum atomic E-state index is -1.77. The first-order valence-corrected chi connectivity index (χ1v) is 11.1. The number of halogens is 4. The molecule has 3 aromatic rings. The number of carbonyl (C=O) groups is 2. The molecule has 0 spiro atoms. The van der Waals surface area contributed by atoms with Gasteiger partial charge in [0.1, 0.15) is 5.69 Å². The average molecular weight is 489 g/mol. The van der Waals surface area contributed by atoms with Crippen LogP contribution in [0.2, 0.25) is 0 Å². The van der Waals surface area contributed by atoms with Crippen molar-refractivity contribution in [1.29, 1.82) is 0 Å². The summed E-state index contributed by atoms with van der Waals surface area (Å²) in [6.07, 6.45) is -0.904. The fourth-order valence-electron chi connectivity index (χ4n) is 4.07. The standard InChI is InChI=1S/C25H23F4N3O3/c1-12(2)32-9-8-19-15(11-32)20(14-6-4-5-7-18(14)30-19)25(34)35-13(3)24(33)31-23-21(28)16(26)10-17(27)22(23)29/h4-7,10,12-13H,8-9,11H2,1-3H3,(H,31,33). The van der Waals surface area contributed by atoms with E-state index in [2.05, 4.69) is 4.90 Å². The number of pyridine rings is 1. The third-order valence-corrected chi connectivity index (χ3v) is 6.02. The average Bonchev–Trinajstić information content (AvgIpc) is 2.83. The highest BCUT2D eigenvalue weighted by atomic mass is 19.2. The largest absolute Gasteiger partial charge is 0.449 e. The molecule has 0 aliphatic carbocycles. The van der Waals surface area contributed by atoms with E-state index in [-0.39, 0.29) is 17.7 Å². The first-order valence-electron chi connectivity index (χ1n) is 11.1. The van der Waals surface area contributed by atoms with Gasteiger partial charge in [0.2, 0.25) is 0 Å². The molecule has 0 saturated carbocycles. The van der Waals surface area contributed by atoms with E-state index in [4.69, 9.17) is 9.72 Å². The number of rotatable bonds is 5. The van der Waals surface area contributed by atoms with Gasteiger partial charge in [-0.25, -0.2) is 22.4 Å². The number of nitrogens with one attached hydrogen (secondary N) is 1. The summed E-state index contributed by atoms with van der Waals surface area (Å²) in [5.41, 5.74) is 0.988. The van der Waals surface area contributed by atoms with Crippen LogP contribution in [0.4, 0.5) is 23.2 Å². The lowest BCUT2D eigenvalue weighted by atomic mass is 9.95. The van der Waals surface area contributed by atoms with Crippen LogP contribution in [0, 0.1) is 23.3 Å². The number of hydrogen-bond acceptors (Lipinski definition) is 5. The Bertz CT molecular complexity index is 1300. The molecule has 0 radical (unpaired) electrons. The van der Waals surface area contributed by atoms with Crippen LogP contribution in [0.1, 0.15) is 42.4 Å². The third kappa shape index (κ3) is 4.70. The van der Waals surface area contributed by atoms with Crippen molar-refractivity contribution >= 4 is 28.5 Å². The maximum absolute atomic E-state index is 13.9. The molecule has 184 valence electrons. The van der Waals surface area contributed by atoms with E-state index in [1.807, 2.05) is 13.8 Å². The van der Waals surface area contributed by atoms with Gasteiger partial charge < -0.3 is 10.1 Å². The summed E-state index contributed by atoms with van der Waals surface area (Å²) >= 11 is 0. The zero-order chi connectivity index (χ0) is 25.4. The molecule has 1 N–H and O–H groups in total. The minimum Gasteiger partial charge on any atom is -0.449 e. The molecular formula is C25H23F4N3O3. The van der Waals surface area contributed by atoms with E-state index in [9.17, 15) is 27.2 Å². The second-order valence-corrected chi connectivity index (χ2v) is 8.62. The molecule has 6 nitrogen and oxygen atoms in total. The molecule has 10 heteroatoms. The smallest absolute Gasteiger partial charge is 0.339 e. The molecule has 1 aliphatic rings. The van der Waals surface area contributed by atoms with Crippen molar-refractivity contribution in [3.8, 4) is 0 Å². The Hall–Kier alpha value is -3.53. The Morgan fingerprint density at radius 2 is 1.71 bits per heavy atom. The van der Waals surface area contributed by atoms with E-state index in [1.165, 1.54) is 6.92 Å². The third-order valence-electron chi connectivity index (χ3n) is 6.02. The van der Waals surface area contributed by atoms with E-state index in [0.717, 1.165) is 12.2 Å². The molecule has 0 bridgehead atoms. The van der Waals surface area contributed by atoms with Gasteiger partial charge in [0, 0.05) is 48.3 Å². The summed E-state index contributed by atoms with van der Waals surface area (Å²) in [5, 5.41) is 2.31. The summed E-state index contributed by atoms with van der Waals surface area (Å²) in [6.45, 7) is 6.49. The number of carbonyl (C=O) groups excluding carboxylic acids is 2. The quantitative estimate of drug-likeness (QED) is 0.319. The van der Waals surface area contributed by atoms with E-state index in [0.29, 0.717) is 29.4 Å². The van der Waals surface area contributed by atoms with Gasteiger partial charge in [0.15, 0.2) is 29.4 Å². The van der Waals surface area contributed by atoms with Gasteiger partial charge in [0.25, 0.3) is 5.91 Å². The highest BCUT2D eigenvalue weighted by Gasteiger charge is 2.30. The van der Waals surface area contributed by atoms with E-state index in [1.54, 1.807) is 29.6 Å². The van der Waals surface area contributed by atoms with Gasteiger partial charge in [-0.1, -0.05) is 18.2 Å². The predicted molar refractivity (Wildman–Crippen MR) is 121 cm³/mol. The minimum absolute atomic E-state index is 0.0297. The van der Waals surface area contributed by atoms with Gasteiger partial charge in [-0.15, -0.1) is 0 Å². The molecule has 1 aliphatic heterocycles. The number of hydrogen-bond donors (Lipinski definition) is 1. The lowest BCUT2D eigenvalue weighted by Crippen LogP contribution is -2.38. The number of amides is 1. The Balaban J connectivity index is 1.64. The van der Waals surface area contributed by atoms with Crippen LogP contribution in [-0.4, -0.2) is 40.5 Å². The number of benzene rings is 2. The van der Waals surface area contributed by atoms with Crippen LogP contribution in [0.15, 0.2) is 30.3 Å². The van der Waals surface area contributed by atoms with Crippen molar-refractivity contribution in [2.24, 2.45) is 0 Å². The molecule has 35 heavy (non-hydrogen) atoms. The van der Waals surface area contributed by atoms with Crippen molar-refractivity contribution in [2.75, 3.05) is 11.9 Å². The lowest BCUT2D eigenvalue weighted by molar-refractivity contribution is -0.123. The molecule has 2 heterocycles. The molecule has 0 saturated heterocycles. The van der Waals surface area contributed by atoms with E-state index >= 15 is 0 Å². The maximum Gasteiger partial charge on any atom is 0.339 e. The first kappa shape index (κ1) is 24.6. The summed E-state index contributed by atoms with van der Waals surface area (Å²) in [6, 6.07) is 7.27. The Labute approximate surface area is 198 Å². The predicted octanol–water partition coefficient (Wildman–Crippen LogP) is 4.74. The van der Waals surface area contributed by atoms with Crippen LogP contribution in [0.25, 0.3) is 10.9 Å². The number of fused-ring (bicyclic) bond motifs is 2. The SMILES string of the molecule is CC(OC(=O)c1c2c(nc3ccccc13)CCN(C(C)C)C2)C(=O)Nc1c(F)c(F)cc(F)c1F. The number of nitrogens with zero attached hydrogens (tertiary/aromatic N) is 2. The number of anilines is 1. The van der Waals surface area contributed by atoms with Gasteiger partial charge in [-0.3, -0.25) is 14.7 Å². The van der Waals surface area contributed by atoms with Crippen molar-refractivity contribution in [3.05, 3.63) is 70.4 Å². The topological polar surface area (TPSA) is 71.5 Å². The Kier molecular flexibility index (Phi) is 6.75. The normalized spacial score (nSPS) is 14.6. The Morgan fingerprint density at radius 1 is 1.06 bits per heavy atom. The van der Waals surface area contributed by atoms with Gasteiger partial charge in [0.05, 0.1) is 11.1 Å².